The minimum absolute atomic E-state index is 0.180. The molecule has 0 aliphatic carbocycles. The molecule has 1 amide bonds. The Labute approximate surface area is 157 Å². The molecule has 0 unspecified atom stereocenters. The van der Waals surface area contributed by atoms with E-state index in [2.05, 4.69) is 10.3 Å². The highest BCUT2D eigenvalue weighted by Gasteiger charge is 2.22. The zero-order chi connectivity index (χ0) is 18.8. The van der Waals surface area contributed by atoms with Crippen LogP contribution in [-0.2, 0) is 0 Å². The standard InChI is InChI=1S/C21H20N2O4/c1-13-17(9-14-7-8-15(25-2)10-18(14)23-13)21(24)22-11-16-12-26-19-5-3-4-6-20(19)27-16/h3-10,16H,11-12H2,1-2H3,(H,22,24)/t16-/m0/s1. The number of ether oxygens (including phenoxy) is 3. The molecule has 6 heteroatoms. The third-order valence-electron chi connectivity index (χ3n) is 4.52. The maximum absolute atomic E-state index is 12.6. The number of aromatic nitrogens is 1. The summed E-state index contributed by atoms with van der Waals surface area (Å²) in [5, 5.41) is 3.81. The molecule has 1 aliphatic heterocycles. The first-order chi connectivity index (χ1) is 13.1. The number of benzene rings is 2. The number of rotatable bonds is 4. The van der Waals surface area contributed by atoms with Crippen LogP contribution in [0, 0.1) is 6.92 Å². The van der Waals surface area contributed by atoms with Crippen LogP contribution in [0.3, 0.4) is 0 Å². The van der Waals surface area contributed by atoms with Gasteiger partial charge in [-0.15, -0.1) is 0 Å². The molecule has 2 aromatic carbocycles. The first-order valence-electron chi connectivity index (χ1n) is 8.76. The van der Waals surface area contributed by atoms with Gasteiger partial charge in [0.1, 0.15) is 18.5 Å². The molecule has 138 valence electrons. The van der Waals surface area contributed by atoms with Crippen molar-refractivity contribution in [2.45, 2.75) is 13.0 Å². The van der Waals surface area contributed by atoms with Crippen molar-refractivity contribution in [3.63, 3.8) is 0 Å². The Hall–Kier alpha value is -3.28. The quantitative estimate of drug-likeness (QED) is 0.770. The van der Waals surface area contributed by atoms with Gasteiger partial charge in [0, 0.05) is 11.5 Å². The second-order valence-electron chi connectivity index (χ2n) is 6.39. The van der Waals surface area contributed by atoms with E-state index in [0.29, 0.717) is 30.2 Å². The average Bonchev–Trinajstić information content (AvgIpc) is 2.70. The fourth-order valence-electron chi connectivity index (χ4n) is 3.07. The van der Waals surface area contributed by atoms with Crippen molar-refractivity contribution in [1.82, 2.24) is 10.3 Å². The topological polar surface area (TPSA) is 69.7 Å². The van der Waals surface area contributed by atoms with Crippen molar-refractivity contribution in [3.8, 4) is 17.2 Å². The van der Waals surface area contributed by atoms with Gasteiger partial charge in [0.25, 0.3) is 5.91 Å². The van der Waals surface area contributed by atoms with Crippen LogP contribution in [0.4, 0.5) is 0 Å². The number of carbonyl (C=O) groups is 1. The molecule has 1 N–H and O–H groups in total. The molecule has 0 saturated heterocycles. The molecule has 1 aromatic heterocycles. The third kappa shape index (κ3) is 3.51. The van der Waals surface area contributed by atoms with Crippen molar-refractivity contribution >= 4 is 16.8 Å². The molecular weight excluding hydrogens is 344 g/mol. The maximum atomic E-state index is 12.6. The van der Waals surface area contributed by atoms with Crippen LogP contribution in [0.15, 0.2) is 48.5 Å². The molecule has 1 aliphatic rings. The lowest BCUT2D eigenvalue weighted by Gasteiger charge is -2.26. The molecule has 27 heavy (non-hydrogen) atoms. The van der Waals surface area contributed by atoms with E-state index >= 15 is 0 Å². The highest BCUT2D eigenvalue weighted by atomic mass is 16.6. The molecule has 3 aromatic rings. The Balaban J connectivity index is 1.46. The van der Waals surface area contributed by atoms with Gasteiger partial charge >= 0.3 is 0 Å². The number of methoxy groups -OCH3 is 1. The second-order valence-corrected chi connectivity index (χ2v) is 6.39. The Morgan fingerprint density at radius 2 is 2.04 bits per heavy atom. The zero-order valence-electron chi connectivity index (χ0n) is 15.2. The molecule has 6 nitrogen and oxygen atoms in total. The summed E-state index contributed by atoms with van der Waals surface area (Å²) in [7, 11) is 1.62. The van der Waals surface area contributed by atoms with Gasteiger partial charge in [-0.1, -0.05) is 12.1 Å². The number of fused-ring (bicyclic) bond motifs is 2. The van der Waals surface area contributed by atoms with Gasteiger partial charge in [-0.2, -0.15) is 0 Å². The molecule has 2 heterocycles. The molecule has 0 saturated carbocycles. The lowest BCUT2D eigenvalue weighted by Crippen LogP contribution is -2.40. The van der Waals surface area contributed by atoms with E-state index in [4.69, 9.17) is 14.2 Å². The minimum Gasteiger partial charge on any atom is -0.497 e. The number of hydrogen-bond acceptors (Lipinski definition) is 5. The Morgan fingerprint density at radius 1 is 1.22 bits per heavy atom. The van der Waals surface area contributed by atoms with Crippen LogP contribution in [0.1, 0.15) is 16.1 Å². The summed E-state index contributed by atoms with van der Waals surface area (Å²) in [5.41, 5.74) is 2.01. The highest BCUT2D eigenvalue weighted by molar-refractivity contribution is 5.98. The van der Waals surface area contributed by atoms with Gasteiger partial charge in [-0.05, 0) is 37.3 Å². The molecule has 0 spiro atoms. The number of nitrogens with one attached hydrogen (secondary N) is 1. The summed E-state index contributed by atoms with van der Waals surface area (Å²) < 4.78 is 16.8. The van der Waals surface area contributed by atoms with E-state index in [-0.39, 0.29) is 12.0 Å². The normalized spacial score (nSPS) is 15.4. The number of hydrogen-bond donors (Lipinski definition) is 1. The van der Waals surface area contributed by atoms with Gasteiger partial charge in [-0.25, -0.2) is 0 Å². The molecule has 1 atom stereocenters. The maximum Gasteiger partial charge on any atom is 0.253 e. The third-order valence-corrected chi connectivity index (χ3v) is 4.52. The predicted molar refractivity (Wildman–Crippen MR) is 102 cm³/mol. The van der Waals surface area contributed by atoms with E-state index in [9.17, 15) is 4.79 Å². The Kier molecular flexibility index (Phi) is 4.54. The van der Waals surface area contributed by atoms with Crippen molar-refractivity contribution in [3.05, 3.63) is 59.8 Å². The number of aryl methyl sites for hydroxylation is 1. The number of para-hydroxylation sites is 2. The average molecular weight is 364 g/mol. The van der Waals surface area contributed by atoms with E-state index in [1.54, 1.807) is 7.11 Å². The minimum atomic E-state index is -0.234. The smallest absolute Gasteiger partial charge is 0.253 e. The fraction of sp³-hybridized carbons (Fsp3) is 0.238. The number of pyridine rings is 1. The van der Waals surface area contributed by atoms with E-state index in [1.165, 1.54) is 0 Å². The van der Waals surface area contributed by atoms with Crippen LogP contribution in [0.25, 0.3) is 10.9 Å². The van der Waals surface area contributed by atoms with Crippen LogP contribution in [0.2, 0.25) is 0 Å². The molecule has 0 bridgehead atoms. The lowest BCUT2D eigenvalue weighted by atomic mass is 10.1. The first-order valence-corrected chi connectivity index (χ1v) is 8.76. The lowest BCUT2D eigenvalue weighted by molar-refractivity contribution is 0.0788. The number of nitrogens with zero attached hydrogens (tertiary/aromatic N) is 1. The van der Waals surface area contributed by atoms with Gasteiger partial charge in [-0.3, -0.25) is 9.78 Å². The second kappa shape index (κ2) is 7.15. The van der Waals surface area contributed by atoms with Crippen molar-refractivity contribution in [2.75, 3.05) is 20.3 Å². The molecule has 0 radical (unpaired) electrons. The summed E-state index contributed by atoms with van der Waals surface area (Å²) in [4.78, 5) is 17.2. The number of amides is 1. The highest BCUT2D eigenvalue weighted by Crippen LogP contribution is 2.30. The summed E-state index contributed by atoms with van der Waals surface area (Å²) in [5.74, 6) is 1.98. The van der Waals surface area contributed by atoms with E-state index < -0.39 is 0 Å². The molecule has 4 rings (SSSR count). The Bertz CT molecular complexity index is 1000. The Morgan fingerprint density at radius 3 is 2.85 bits per heavy atom. The first kappa shape index (κ1) is 17.1. The summed E-state index contributed by atoms with van der Waals surface area (Å²) >= 11 is 0. The van der Waals surface area contributed by atoms with Gasteiger partial charge in [0.05, 0.1) is 30.4 Å². The monoisotopic (exact) mass is 364 g/mol. The van der Waals surface area contributed by atoms with E-state index in [0.717, 1.165) is 22.4 Å². The van der Waals surface area contributed by atoms with E-state index in [1.807, 2.05) is 55.5 Å². The number of carbonyl (C=O) groups excluding carboxylic acids is 1. The summed E-state index contributed by atoms with van der Waals surface area (Å²) in [6.07, 6.45) is -0.234. The van der Waals surface area contributed by atoms with Crippen molar-refractivity contribution in [2.24, 2.45) is 0 Å². The SMILES string of the molecule is COc1ccc2cc(C(=O)NC[C@H]3COc4ccccc4O3)c(C)nc2c1. The summed E-state index contributed by atoms with van der Waals surface area (Å²) in [6.45, 7) is 2.57. The fourth-order valence-corrected chi connectivity index (χ4v) is 3.07. The van der Waals surface area contributed by atoms with Crippen molar-refractivity contribution in [1.29, 1.82) is 0 Å². The van der Waals surface area contributed by atoms with Crippen LogP contribution >= 0.6 is 0 Å². The predicted octanol–water partition coefficient (Wildman–Crippen LogP) is 3.12. The van der Waals surface area contributed by atoms with Gasteiger partial charge in [0.15, 0.2) is 11.5 Å². The van der Waals surface area contributed by atoms with Crippen molar-refractivity contribution < 1.29 is 19.0 Å². The summed E-state index contributed by atoms with van der Waals surface area (Å²) in [6, 6.07) is 15.0. The molecule has 0 fully saturated rings. The zero-order valence-corrected chi connectivity index (χ0v) is 15.2. The van der Waals surface area contributed by atoms with Gasteiger partial charge in [0.2, 0.25) is 0 Å². The van der Waals surface area contributed by atoms with Crippen LogP contribution in [0.5, 0.6) is 17.2 Å². The van der Waals surface area contributed by atoms with Crippen LogP contribution in [-0.4, -0.2) is 37.3 Å². The molecular formula is C21H20N2O4. The van der Waals surface area contributed by atoms with Gasteiger partial charge < -0.3 is 19.5 Å². The van der Waals surface area contributed by atoms with Crippen LogP contribution < -0.4 is 19.5 Å². The largest absolute Gasteiger partial charge is 0.497 e.